The quantitative estimate of drug-likeness (QED) is 0.478. The minimum Gasteiger partial charge on any atom is -0.478 e. The molecule has 146 valence electrons. The van der Waals surface area contributed by atoms with Crippen molar-refractivity contribution < 1.29 is 13.6 Å². The van der Waals surface area contributed by atoms with Gasteiger partial charge in [-0.3, -0.25) is 4.90 Å². The van der Waals surface area contributed by atoms with E-state index in [1.165, 1.54) is 0 Å². The molecular weight excluding hydrogens is 366 g/mol. The molecule has 4 aromatic rings. The molecule has 5 heteroatoms. The highest BCUT2D eigenvalue weighted by Gasteiger charge is 2.24. The molecule has 0 spiro atoms. The third-order valence-electron chi connectivity index (χ3n) is 5.48. The summed E-state index contributed by atoms with van der Waals surface area (Å²) in [5.41, 5.74) is 4.00. The van der Waals surface area contributed by atoms with Gasteiger partial charge in [-0.2, -0.15) is 0 Å². The first-order valence-corrected chi connectivity index (χ1v) is 9.68. The van der Waals surface area contributed by atoms with Crippen LogP contribution in [0.5, 0.6) is 5.75 Å². The van der Waals surface area contributed by atoms with Crippen molar-refractivity contribution in [1.82, 2.24) is 4.90 Å². The average molecular weight is 387 g/mol. The molecule has 5 nitrogen and oxygen atoms in total. The van der Waals surface area contributed by atoms with Gasteiger partial charge in [0.05, 0.1) is 18.4 Å². The number of fused-ring (bicyclic) bond motifs is 3. The van der Waals surface area contributed by atoms with Crippen LogP contribution >= 0.6 is 0 Å². The molecule has 0 bridgehead atoms. The van der Waals surface area contributed by atoms with E-state index in [4.69, 9.17) is 13.6 Å². The summed E-state index contributed by atoms with van der Waals surface area (Å²) in [6.45, 7) is 3.73. The van der Waals surface area contributed by atoms with Gasteiger partial charge in [-0.25, -0.2) is 4.79 Å². The Labute approximate surface area is 168 Å². The Hall–Kier alpha value is -3.31. The lowest BCUT2D eigenvalue weighted by Gasteiger charge is -2.28. The molecule has 0 unspecified atom stereocenters. The van der Waals surface area contributed by atoms with Gasteiger partial charge < -0.3 is 13.6 Å². The highest BCUT2D eigenvalue weighted by Crippen LogP contribution is 2.34. The minimum absolute atomic E-state index is 0.282. The molecule has 0 fully saturated rings. The van der Waals surface area contributed by atoms with Crippen LogP contribution in [-0.2, 0) is 19.5 Å². The Morgan fingerprint density at radius 2 is 1.90 bits per heavy atom. The lowest BCUT2D eigenvalue weighted by atomic mass is 9.98. The first kappa shape index (κ1) is 17.8. The molecule has 0 aliphatic carbocycles. The fraction of sp³-hybridized carbons (Fsp3) is 0.208. The zero-order valence-electron chi connectivity index (χ0n) is 16.2. The molecule has 2 aromatic carbocycles. The van der Waals surface area contributed by atoms with E-state index < -0.39 is 0 Å². The largest absolute Gasteiger partial charge is 0.478 e. The number of aryl methyl sites for hydroxylation is 1. The van der Waals surface area contributed by atoms with Crippen LogP contribution < -0.4 is 10.4 Å². The molecular formula is C24H21NO4. The van der Waals surface area contributed by atoms with Crippen LogP contribution in [0.1, 0.15) is 28.0 Å². The van der Waals surface area contributed by atoms with Crippen LogP contribution in [0.3, 0.4) is 0 Å². The predicted octanol–water partition coefficient (Wildman–Crippen LogP) is 4.64. The smallest absolute Gasteiger partial charge is 0.340 e. The number of hydrogen-bond donors (Lipinski definition) is 0. The monoisotopic (exact) mass is 387 g/mol. The van der Waals surface area contributed by atoms with Crippen LogP contribution in [0.4, 0.5) is 0 Å². The molecule has 29 heavy (non-hydrogen) atoms. The van der Waals surface area contributed by atoms with Crippen LogP contribution in [0.25, 0.3) is 11.0 Å². The van der Waals surface area contributed by atoms with Gasteiger partial charge in [0.2, 0.25) is 0 Å². The Balaban J connectivity index is 1.54. The van der Waals surface area contributed by atoms with Crippen molar-refractivity contribution in [2.45, 2.75) is 26.4 Å². The van der Waals surface area contributed by atoms with Crippen molar-refractivity contribution >= 4 is 11.0 Å². The van der Waals surface area contributed by atoms with Gasteiger partial charge in [-0.1, -0.05) is 30.3 Å². The number of nitrogens with zero attached hydrogens (tertiary/aromatic N) is 1. The number of ether oxygens (including phenoxy) is 1. The fourth-order valence-electron chi connectivity index (χ4n) is 3.94. The van der Waals surface area contributed by atoms with Gasteiger partial charge in [-0.05, 0) is 42.3 Å². The lowest BCUT2D eigenvalue weighted by molar-refractivity contribution is 0.0826. The second-order valence-electron chi connectivity index (χ2n) is 7.41. The normalized spacial score (nSPS) is 14.0. The van der Waals surface area contributed by atoms with E-state index in [2.05, 4.69) is 4.90 Å². The zero-order valence-corrected chi connectivity index (χ0v) is 16.2. The van der Waals surface area contributed by atoms with E-state index in [-0.39, 0.29) is 5.63 Å². The topological polar surface area (TPSA) is 55.8 Å². The van der Waals surface area contributed by atoms with Gasteiger partial charge in [0.25, 0.3) is 0 Å². The summed E-state index contributed by atoms with van der Waals surface area (Å²) < 4.78 is 17.2. The van der Waals surface area contributed by atoms with Gasteiger partial charge in [0.1, 0.15) is 23.8 Å². The van der Waals surface area contributed by atoms with E-state index in [9.17, 15) is 4.79 Å². The van der Waals surface area contributed by atoms with E-state index in [0.29, 0.717) is 37.4 Å². The summed E-state index contributed by atoms with van der Waals surface area (Å²) in [5.74, 6) is 1.65. The van der Waals surface area contributed by atoms with Crippen molar-refractivity contribution in [2.24, 2.45) is 0 Å². The lowest BCUT2D eigenvalue weighted by Crippen LogP contribution is -2.31. The third-order valence-corrected chi connectivity index (χ3v) is 5.48. The molecule has 0 atom stereocenters. The van der Waals surface area contributed by atoms with Crippen molar-refractivity contribution in [2.75, 3.05) is 6.73 Å². The number of benzene rings is 2. The molecule has 0 N–H and O–H groups in total. The highest BCUT2D eigenvalue weighted by atomic mass is 16.5. The summed E-state index contributed by atoms with van der Waals surface area (Å²) in [7, 11) is 0. The van der Waals surface area contributed by atoms with E-state index in [0.717, 1.165) is 33.6 Å². The molecule has 0 saturated heterocycles. The third kappa shape index (κ3) is 3.34. The fourth-order valence-corrected chi connectivity index (χ4v) is 3.94. The average Bonchev–Trinajstić information content (AvgIpc) is 3.25. The van der Waals surface area contributed by atoms with Crippen molar-refractivity contribution in [1.29, 1.82) is 0 Å². The maximum Gasteiger partial charge on any atom is 0.340 e. The first-order chi connectivity index (χ1) is 14.2. The molecule has 0 amide bonds. The van der Waals surface area contributed by atoms with E-state index in [1.807, 2.05) is 61.5 Å². The second-order valence-corrected chi connectivity index (χ2v) is 7.41. The van der Waals surface area contributed by atoms with E-state index in [1.54, 1.807) is 6.26 Å². The van der Waals surface area contributed by atoms with Crippen molar-refractivity contribution in [3.05, 3.63) is 99.3 Å². The molecule has 3 heterocycles. The minimum atomic E-state index is -0.282. The maximum absolute atomic E-state index is 12.8. The van der Waals surface area contributed by atoms with Crippen LogP contribution in [0.2, 0.25) is 0 Å². The van der Waals surface area contributed by atoms with Gasteiger partial charge in [-0.15, -0.1) is 0 Å². The molecule has 5 rings (SSSR count). The maximum atomic E-state index is 12.8. The SMILES string of the molecule is Cc1c(Cc2ccccc2)c(=O)oc2c3c(ccc12)OCN(Cc1ccco1)C3. The zero-order chi connectivity index (χ0) is 19.8. The molecule has 1 aliphatic rings. The molecule has 0 radical (unpaired) electrons. The predicted molar refractivity (Wildman–Crippen MR) is 110 cm³/mol. The molecule has 2 aromatic heterocycles. The van der Waals surface area contributed by atoms with Crippen molar-refractivity contribution in [3.8, 4) is 5.75 Å². The van der Waals surface area contributed by atoms with Gasteiger partial charge >= 0.3 is 5.63 Å². The second kappa shape index (κ2) is 7.26. The summed E-state index contributed by atoms with van der Waals surface area (Å²) in [6.07, 6.45) is 2.23. The van der Waals surface area contributed by atoms with Gasteiger partial charge in [0.15, 0.2) is 0 Å². The number of furan rings is 1. The summed E-state index contributed by atoms with van der Waals surface area (Å²) in [5, 5.41) is 0.956. The Morgan fingerprint density at radius 1 is 1.03 bits per heavy atom. The van der Waals surface area contributed by atoms with Crippen LogP contribution in [0, 0.1) is 6.92 Å². The van der Waals surface area contributed by atoms with Crippen LogP contribution in [-0.4, -0.2) is 11.6 Å². The number of hydrogen-bond acceptors (Lipinski definition) is 5. The number of rotatable bonds is 4. The van der Waals surface area contributed by atoms with Crippen LogP contribution in [0.15, 0.2) is 74.5 Å². The Morgan fingerprint density at radius 3 is 2.69 bits per heavy atom. The Bertz CT molecular complexity index is 1210. The van der Waals surface area contributed by atoms with Gasteiger partial charge in [0, 0.05) is 23.9 Å². The Kier molecular flexibility index (Phi) is 4.45. The molecule has 0 saturated carbocycles. The standard InChI is InChI=1S/C24H21NO4/c1-16-19-9-10-22-21(14-25(15-28-22)13-18-8-5-11-27-18)23(19)29-24(26)20(16)12-17-6-3-2-4-7-17/h2-11H,12-15H2,1H3. The van der Waals surface area contributed by atoms with E-state index >= 15 is 0 Å². The highest BCUT2D eigenvalue weighted by molar-refractivity contribution is 5.86. The summed E-state index contributed by atoms with van der Waals surface area (Å²) in [6, 6.07) is 17.8. The first-order valence-electron chi connectivity index (χ1n) is 9.68. The summed E-state index contributed by atoms with van der Waals surface area (Å²) >= 11 is 0. The van der Waals surface area contributed by atoms with Crippen molar-refractivity contribution in [3.63, 3.8) is 0 Å². The summed E-state index contributed by atoms with van der Waals surface area (Å²) in [4.78, 5) is 15.0. The molecule has 1 aliphatic heterocycles.